The first-order chi connectivity index (χ1) is 10.3. The highest BCUT2D eigenvalue weighted by Gasteiger charge is 2.08. The number of nitrogens with one attached hydrogen (secondary N) is 1. The smallest absolute Gasteiger partial charge is 0.243 e. The molecule has 0 aliphatic heterocycles. The number of benzene rings is 1. The molecule has 0 aliphatic rings. The molecule has 0 unspecified atom stereocenters. The fourth-order valence-corrected chi connectivity index (χ4v) is 2.32. The normalized spacial score (nSPS) is 11.1. The van der Waals surface area contributed by atoms with Crippen LogP contribution >= 0.6 is 0 Å². The molecule has 0 fully saturated rings. The molecule has 4 heteroatoms. The van der Waals surface area contributed by atoms with Crippen LogP contribution in [0.2, 0.25) is 0 Å². The van der Waals surface area contributed by atoms with E-state index in [9.17, 15) is 4.79 Å². The summed E-state index contributed by atoms with van der Waals surface area (Å²) in [5, 5.41) is 2.86. The lowest BCUT2D eigenvalue weighted by atomic mass is 10.3. The van der Waals surface area contributed by atoms with E-state index < -0.39 is 0 Å². The molecular weight excluding hydrogens is 262 g/mol. The van der Waals surface area contributed by atoms with Crippen LogP contribution in [0.5, 0.6) is 0 Å². The molecule has 1 aromatic carbocycles. The topological polar surface area (TPSA) is 46.9 Å². The summed E-state index contributed by atoms with van der Waals surface area (Å²) >= 11 is 0. The highest BCUT2D eigenvalue weighted by molar-refractivity contribution is 5.87. The molecule has 0 aliphatic carbocycles. The van der Waals surface area contributed by atoms with Gasteiger partial charge in [-0.25, -0.2) is 4.98 Å². The molecule has 1 amide bonds. The summed E-state index contributed by atoms with van der Waals surface area (Å²) in [6.07, 6.45) is 6.85. The van der Waals surface area contributed by atoms with Gasteiger partial charge >= 0.3 is 0 Å². The van der Waals surface area contributed by atoms with Gasteiger partial charge in [0.2, 0.25) is 5.91 Å². The van der Waals surface area contributed by atoms with Crippen molar-refractivity contribution in [3.05, 3.63) is 54.9 Å². The molecule has 4 nitrogen and oxygen atoms in total. The number of hydrogen-bond donors (Lipinski definition) is 1. The fraction of sp³-hybridized carbons (Fsp3) is 0.294. The third-order valence-corrected chi connectivity index (χ3v) is 3.24. The monoisotopic (exact) mass is 283 g/mol. The Morgan fingerprint density at radius 1 is 1.43 bits per heavy atom. The quantitative estimate of drug-likeness (QED) is 0.482. The minimum Gasteiger partial charge on any atom is -0.353 e. The Bertz CT molecular complexity index is 655. The van der Waals surface area contributed by atoms with Gasteiger partial charge in [-0.15, -0.1) is 6.58 Å². The average Bonchev–Trinajstić information content (AvgIpc) is 2.83. The van der Waals surface area contributed by atoms with Crippen molar-refractivity contribution in [3.63, 3.8) is 0 Å². The number of allylic oxidation sites excluding steroid dienone is 2. The number of carbonyl (C=O) groups is 1. The van der Waals surface area contributed by atoms with Gasteiger partial charge in [-0.1, -0.05) is 24.3 Å². The van der Waals surface area contributed by atoms with Gasteiger partial charge in [-0.3, -0.25) is 4.79 Å². The van der Waals surface area contributed by atoms with Crippen LogP contribution in [0, 0.1) is 0 Å². The molecule has 0 spiro atoms. The van der Waals surface area contributed by atoms with E-state index in [2.05, 4.69) is 27.5 Å². The molecule has 1 heterocycles. The Morgan fingerprint density at radius 3 is 3.00 bits per heavy atom. The van der Waals surface area contributed by atoms with E-state index in [1.807, 2.05) is 31.2 Å². The Labute approximate surface area is 125 Å². The molecule has 1 N–H and O–H groups in total. The average molecular weight is 283 g/mol. The first-order valence-corrected chi connectivity index (χ1v) is 7.22. The molecule has 21 heavy (non-hydrogen) atoms. The molecule has 0 saturated carbocycles. The van der Waals surface area contributed by atoms with Crippen LogP contribution in [0.25, 0.3) is 11.0 Å². The SMILES string of the molecule is C=CCn1c(CCCNC(=O)/C=C\C)nc2ccccc21. The maximum Gasteiger partial charge on any atom is 0.243 e. The zero-order valence-electron chi connectivity index (χ0n) is 12.4. The van der Waals surface area contributed by atoms with Crippen LogP contribution in [0.1, 0.15) is 19.2 Å². The van der Waals surface area contributed by atoms with Gasteiger partial charge in [0.1, 0.15) is 5.82 Å². The number of amides is 1. The Balaban J connectivity index is 2.02. The second kappa shape index (κ2) is 7.43. The molecule has 0 atom stereocenters. The van der Waals surface area contributed by atoms with Crippen molar-refractivity contribution in [1.82, 2.24) is 14.9 Å². The highest BCUT2D eigenvalue weighted by atomic mass is 16.1. The zero-order valence-corrected chi connectivity index (χ0v) is 12.4. The number of para-hydroxylation sites is 2. The standard InChI is InChI=1S/C17H21N3O/c1-3-8-17(21)18-12-7-11-16-19-14-9-5-6-10-15(14)20(16)13-4-2/h3-6,8-10H,2,7,11-13H2,1H3,(H,18,21)/b8-3-. The maximum absolute atomic E-state index is 11.3. The van der Waals surface area contributed by atoms with Gasteiger partial charge in [-0.2, -0.15) is 0 Å². The number of aryl methyl sites for hydroxylation is 1. The van der Waals surface area contributed by atoms with Crippen molar-refractivity contribution in [2.45, 2.75) is 26.3 Å². The molecule has 2 rings (SSSR count). The number of hydrogen-bond acceptors (Lipinski definition) is 2. The Morgan fingerprint density at radius 2 is 2.24 bits per heavy atom. The van der Waals surface area contributed by atoms with Crippen LogP contribution in [-0.4, -0.2) is 22.0 Å². The second-order valence-corrected chi connectivity index (χ2v) is 4.81. The van der Waals surface area contributed by atoms with Crippen LogP contribution in [0.3, 0.4) is 0 Å². The van der Waals surface area contributed by atoms with Gasteiger partial charge in [0, 0.05) is 19.5 Å². The van der Waals surface area contributed by atoms with Crippen molar-refractivity contribution >= 4 is 16.9 Å². The van der Waals surface area contributed by atoms with Gasteiger partial charge in [0.15, 0.2) is 0 Å². The van der Waals surface area contributed by atoms with Gasteiger partial charge in [0.25, 0.3) is 0 Å². The van der Waals surface area contributed by atoms with E-state index in [-0.39, 0.29) is 5.91 Å². The summed E-state index contributed by atoms with van der Waals surface area (Å²) in [6, 6.07) is 8.11. The predicted molar refractivity (Wildman–Crippen MR) is 86.1 cm³/mol. The molecule has 0 saturated heterocycles. The molecule has 1 aromatic heterocycles. The van der Waals surface area contributed by atoms with Crippen molar-refractivity contribution in [2.24, 2.45) is 0 Å². The third kappa shape index (κ3) is 3.81. The summed E-state index contributed by atoms with van der Waals surface area (Å²) in [6.45, 7) is 7.04. The largest absolute Gasteiger partial charge is 0.353 e. The van der Waals surface area contributed by atoms with Crippen molar-refractivity contribution in [1.29, 1.82) is 0 Å². The van der Waals surface area contributed by atoms with E-state index in [1.54, 1.807) is 6.08 Å². The number of rotatable bonds is 7. The van der Waals surface area contributed by atoms with Crippen molar-refractivity contribution in [2.75, 3.05) is 6.54 Å². The Hall–Kier alpha value is -2.36. The predicted octanol–water partition coefficient (Wildman–Crippen LogP) is 2.85. The summed E-state index contributed by atoms with van der Waals surface area (Å²) in [4.78, 5) is 16.0. The van der Waals surface area contributed by atoms with E-state index >= 15 is 0 Å². The van der Waals surface area contributed by atoms with Crippen molar-refractivity contribution in [3.8, 4) is 0 Å². The molecular formula is C17H21N3O. The second-order valence-electron chi connectivity index (χ2n) is 4.81. The van der Waals surface area contributed by atoms with Gasteiger partial charge in [-0.05, 0) is 31.6 Å². The minimum absolute atomic E-state index is 0.0444. The van der Waals surface area contributed by atoms with E-state index in [0.717, 1.165) is 36.2 Å². The summed E-state index contributed by atoms with van der Waals surface area (Å²) in [5.74, 6) is 0.994. The van der Waals surface area contributed by atoms with Gasteiger partial charge in [0.05, 0.1) is 11.0 Å². The van der Waals surface area contributed by atoms with E-state index in [0.29, 0.717) is 6.54 Å². The number of carbonyl (C=O) groups excluding carboxylic acids is 1. The lowest BCUT2D eigenvalue weighted by molar-refractivity contribution is -0.116. The van der Waals surface area contributed by atoms with Crippen LogP contribution in [0.4, 0.5) is 0 Å². The van der Waals surface area contributed by atoms with Crippen LogP contribution in [0.15, 0.2) is 49.1 Å². The van der Waals surface area contributed by atoms with Gasteiger partial charge < -0.3 is 9.88 Å². The molecule has 0 radical (unpaired) electrons. The van der Waals surface area contributed by atoms with Crippen molar-refractivity contribution < 1.29 is 4.79 Å². The highest BCUT2D eigenvalue weighted by Crippen LogP contribution is 2.17. The van der Waals surface area contributed by atoms with Crippen LogP contribution in [-0.2, 0) is 17.8 Å². The van der Waals surface area contributed by atoms with E-state index in [4.69, 9.17) is 0 Å². The summed E-state index contributed by atoms with van der Waals surface area (Å²) in [7, 11) is 0. The number of nitrogens with zero attached hydrogens (tertiary/aromatic N) is 2. The third-order valence-electron chi connectivity index (χ3n) is 3.24. The maximum atomic E-state index is 11.3. The Kier molecular flexibility index (Phi) is 5.32. The lowest BCUT2D eigenvalue weighted by Gasteiger charge is -2.06. The zero-order chi connectivity index (χ0) is 15.1. The fourth-order valence-electron chi connectivity index (χ4n) is 2.32. The lowest BCUT2D eigenvalue weighted by Crippen LogP contribution is -2.22. The molecule has 110 valence electrons. The van der Waals surface area contributed by atoms with E-state index in [1.165, 1.54) is 6.08 Å². The number of fused-ring (bicyclic) bond motifs is 1. The first kappa shape index (κ1) is 15.0. The first-order valence-electron chi connectivity index (χ1n) is 7.22. The van der Waals surface area contributed by atoms with Crippen LogP contribution < -0.4 is 5.32 Å². The number of aromatic nitrogens is 2. The molecule has 0 bridgehead atoms. The summed E-state index contributed by atoms with van der Waals surface area (Å²) in [5.41, 5.74) is 2.14. The minimum atomic E-state index is -0.0444. The summed E-state index contributed by atoms with van der Waals surface area (Å²) < 4.78 is 2.18. The number of imidazole rings is 1. The molecule has 2 aromatic rings.